The van der Waals surface area contributed by atoms with Crippen LogP contribution < -0.4 is 0 Å². The number of nitrogens with zero attached hydrogens (tertiary/aromatic N) is 1. The molecular formula is C24H24BrF2NO2. The van der Waals surface area contributed by atoms with E-state index in [1.165, 1.54) is 0 Å². The number of aryl methyl sites for hydroxylation is 1. The van der Waals surface area contributed by atoms with E-state index in [0.717, 1.165) is 16.7 Å². The van der Waals surface area contributed by atoms with Gasteiger partial charge in [-0.05, 0) is 43.0 Å². The van der Waals surface area contributed by atoms with Gasteiger partial charge in [0.15, 0.2) is 0 Å². The zero-order valence-electron chi connectivity index (χ0n) is 17.1. The quantitative estimate of drug-likeness (QED) is 0.400. The number of hydrogen-bond donors (Lipinski definition) is 0. The van der Waals surface area contributed by atoms with E-state index in [9.17, 15) is 13.6 Å². The fraction of sp³-hybridized carbons (Fsp3) is 0.417. The van der Waals surface area contributed by atoms with Crippen LogP contribution in [-0.2, 0) is 9.53 Å². The van der Waals surface area contributed by atoms with Crippen molar-refractivity contribution in [2.75, 3.05) is 0 Å². The molecule has 5 atom stereocenters. The van der Waals surface area contributed by atoms with Crippen LogP contribution in [0.1, 0.15) is 31.5 Å². The van der Waals surface area contributed by atoms with E-state index in [-0.39, 0.29) is 5.92 Å². The number of hydrogen-bond acceptors (Lipinski definition) is 3. The molecule has 1 saturated carbocycles. The lowest BCUT2D eigenvalue weighted by molar-refractivity contribution is -0.147. The number of carbonyl (C=O) groups excluding carboxylic acids is 1. The number of ether oxygens (including phenoxy) is 1. The zero-order valence-corrected chi connectivity index (χ0v) is 18.7. The van der Waals surface area contributed by atoms with Crippen molar-refractivity contribution in [3.63, 3.8) is 0 Å². The molecule has 30 heavy (non-hydrogen) atoms. The summed E-state index contributed by atoms with van der Waals surface area (Å²) in [5, 5.41) is 0. The number of benzene rings is 1. The number of cyclic esters (lactones) is 1. The van der Waals surface area contributed by atoms with Crippen molar-refractivity contribution in [1.82, 2.24) is 4.98 Å². The number of alkyl halides is 3. The van der Waals surface area contributed by atoms with Gasteiger partial charge in [0, 0.05) is 30.0 Å². The molecule has 1 saturated heterocycles. The monoisotopic (exact) mass is 475 g/mol. The summed E-state index contributed by atoms with van der Waals surface area (Å²) in [6.07, 6.45) is 4.37. The second-order valence-corrected chi connectivity index (χ2v) is 9.86. The lowest BCUT2D eigenvalue weighted by atomic mass is 9.64. The molecule has 1 aliphatic heterocycles. The SMILES string of the molecule is Cc1ccccc1-c1ccc(/C=C/[C@@H]2[C@@H]3[C@@H](C)OC(=O)[C@]3(Br)CC(F)(F)[C@H]2C)nc1. The van der Waals surface area contributed by atoms with Crippen molar-refractivity contribution < 1.29 is 18.3 Å². The van der Waals surface area contributed by atoms with Crippen molar-refractivity contribution >= 4 is 28.0 Å². The molecule has 2 heterocycles. The molecule has 0 spiro atoms. The van der Waals surface area contributed by atoms with Gasteiger partial charge in [-0.25, -0.2) is 8.78 Å². The number of halogens is 3. The normalized spacial score (nSPS) is 32.8. The Labute approximate surface area is 183 Å². The summed E-state index contributed by atoms with van der Waals surface area (Å²) in [7, 11) is 0. The number of allylic oxidation sites excluding steroid dienone is 1. The summed E-state index contributed by atoms with van der Waals surface area (Å²) in [6.45, 7) is 5.37. The van der Waals surface area contributed by atoms with Crippen LogP contribution in [0, 0.1) is 24.7 Å². The topological polar surface area (TPSA) is 39.2 Å². The molecule has 158 valence electrons. The maximum atomic E-state index is 14.7. The van der Waals surface area contributed by atoms with Gasteiger partial charge in [-0.1, -0.05) is 59.3 Å². The van der Waals surface area contributed by atoms with Crippen LogP contribution in [0.25, 0.3) is 17.2 Å². The average molecular weight is 476 g/mol. The Morgan fingerprint density at radius 2 is 1.93 bits per heavy atom. The summed E-state index contributed by atoms with van der Waals surface area (Å²) in [6, 6.07) is 11.9. The highest BCUT2D eigenvalue weighted by Crippen LogP contribution is 2.58. The van der Waals surface area contributed by atoms with Gasteiger partial charge in [0.1, 0.15) is 10.4 Å². The third kappa shape index (κ3) is 3.49. The number of fused-ring (bicyclic) bond motifs is 1. The molecule has 0 unspecified atom stereocenters. The van der Waals surface area contributed by atoms with Crippen molar-refractivity contribution in [2.45, 2.75) is 43.5 Å². The predicted octanol–water partition coefficient (Wildman–Crippen LogP) is 6.06. The van der Waals surface area contributed by atoms with E-state index in [1.54, 1.807) is 32.2 Å². The minimum Gasteiger partial charge on any atom is -0.461 e. The Balaban J connectivity index is 1.62. The van der Waals surface area contributed by atoms with Gasteiger partial charge in [-0.2, -0.15) is 0 Å². The van der Waals surface area contributed by atoms with E-state index in [2.05, 4.69) is 20.9 Å². The van der Waals surface area contributed by atoms with Gasteiger partial charge in [0.05, 0.1) is 5.69 Å². The minimum absolute atomic E-state index is 0.359. The van der Waals surface area contributed by atoms with Crippen LogP contribution in [0.4, 0.5) is 8.78 Å². The number of rotatable bonds is 3. The van der Waals surface area contributed by atoms with Crippen LogP contribution in [0.2, 0.25) is 0 Å². The lowest BCUT2D eigenvalue weighted by Crippen LogP contribution is -2.54. The lowest BCUT2D eigenvalue weighted by Gasteiger charge is -2.45. The molecule has 2 fully saturated rings. The summed E-state index contributed by atoms with van der Waals surface area (Å²) in [5.41, 5.74) is 3.96. The van der Waals surface area contributed by atoms with Crippen LogP contribution >= 0.6 is 15.9 Å². The second kappa shape index (κ2) is 7.56. The minimum atomic E-state index is -2.97. The third-order valence-corrected chi connectivity index (χ3v) is 7.68. The Morgan fingerprint density at radius 3 is 2.60 bits per heavy atom. The first-order valence-electron chi connectivity index (χ1n) is 10.1. The molecule has 6 heteroatoms. The average Bonchev–Trinajstić information content (AvgIpc) is 2.91. The largest absolute Gasteiger partial charge is 0.461 e. The molecule has 0 radical (unpaired) electrons. The van der Waals surface area contributed by atoms with Gasteiger partial charge in [-0.15, -0.1) is 0 Å². The van der Waals surface area contributed by atoms with Crippen molar-refractivity contribution in [2.24, 2.45) is 17.8 Å². The van der Waals surface area contributed by atoms with Gasteiger partial charge in [0.25, 0.3) is 5.92 Å². The van der Waals surface area contributed by atoms with E-state index in [4.69, 9.17) is 4.74 Å². The molecular weight excluding hydrogens is 452 g/mol. The first-order chi connectivity index (χ1) is 14.1. The highest BCUT2D eigenvalue weighted by molar-refractivity contribution is 9.10. The van der Waals surface area contributed by atoms with Gasteiger partial charge in [-0.3, -0.25) is 9.78 Å². The number of pyridine rings is 1. The number of esters is 1. The van der Waals surface area contributed by atoms with Crippen LogP contribution in [-0.4, -0.2) is 27.3 Å². The van der Waals surface area contributed by atoms with E-state index >= 15 is 0 Å². The summed E-state index contributed by atoms with van der Waals surface area (Å²) < 4.78 is 33.5. The van der Waals surface area contributed by atoms with Crippen molar-refractivity contribution in [3.05, 3.63) is 59.9 Å². The molecule has 2 aromatic rings. The summed E-state index contributed by atoms with van der Waals surface area (Å²) >= 11 is 3.34. The fourth-order valence-corrected chi connectivity index (χ4v) is 5.95. The van der Waals surface area contributed by atoms with Crippen LogP contribution in [0.3, 0.4) is 0 Å². The maximum absolute atomic E-state index is 14.7. The molecule has 4 rings (SSSR count). The maximum Gasteiger partial charge on any atom is 0.323 e. The fourth-order valence-electron chi connectivity index (χ4n) is 4.81. The molecule has 1 aromatic heterocycles. The van der Waals surface area contributed by atoms with Crippen molar-refractivity contribution in [1.29, 1.82) is 0 Å². The Bertz CT molecular complexity index is 991. The molecule has 0 amide bonds. The Kier molecular flexibility index (Phi) is 5.33. The Morgan fingerprint density at radius 1 is 1.20 bits per heavy atom. The first kappa shape index (κ1) is 21.2. The molecule has 3 nitrogen and oxygen atoms in total. The van der Waals surface area contributed by atoms with Gasteiger partial charge < -0.3 is 4.74 Å². The highest BCUT2D eigenvalue weighted by Gasteiger charge is 2.67. The number of aromatic nitrogens is 1. The number of carbonyl (C=O) groups is 1. The van der Waals surface area contributed by atoms with Crippen LogP contribution in [0.15, 0.2) is 48.7 Å². The highest BCUT2D eigenvalue weighted by atomic mass is 79.9. The smallest absolute Gasteiger partial charge is 0.323 e. The third-order valence-electron chi connectivity index (χ3n) is 6.55. The summed E-state index contributed by atoms with van der Waals surface area (Å²) in [5.74, 6) is -5.35. The molecule has 0 N–H and O–H groups in total. The first-order valence-corrected chi connectivity index (χ1v) is 10.9. The molecule has 1 aromatic carbocycles. The molecule has 0 bridgehead atoms. The molecule has 1 aliphatic carbocycles. The summed E-state index contributed by atoms with van der Waals surface area (Å²) in [4.78, 5) is 16.8. The zero-order chi connectivity index (χ0) is 21.7. The van der Waals surface area contributed by atoms with E-state index in [0.29, 0.717) is 5.69 Å². The molecule has 2 aliphatic rings. The Hall–Kier alpha value is -2.08. The predicted molar refractivity (Wildman–Crippen MR) is 116 cm³/mol. The second-order valence-electron chi connectivity index (χ2n) is 8.45. The van der Waals surface area contributed by atoms with Crippen LogP contribution in [0.5, 0.6) is 0 Å². The van der Waals surface area contributed by atoms with Gasteiger partial charge in [0.2, 0.25) is 0 Å². The van der Waals surface area contributed by atoms with Gasteiger partial charge >= 0.3 is 5.97 Å². The van der Waals surface area contributed by atoms with E-state index in [1.807, 2.05) is 43.3 Å². The van der Waals surface area contributed by atoms with Crippen molar-refractivity contribution in [3.8, 4) is 11.1 Å². The standard InChI is InChI=1S/C24H24BrF2NO2/c1-14-6-4-5-7-19(14)17-8-9-18(28-12-17)10-11-20-15(2)24(26,27)13-23(25)21(20)16(3)30-22(23)29/h4-12,15-16,20-21H,13H2,1-3H3/b11-10+/t15-,16+,20-,21-,23-/m0/s1. The van der Waals surface area contributed by atoms with E-state index < -0.39 is 40.6 Å².